The van der Waals surface area contributed by atoms with Crippen LogP contribution >= 0.6 is 0 Å². The predicted octanol–water partition coefficient (Wildman–Crippen LogP) is 1.27. The smallest absolute Gasteiger partial charge is 0.248 e. The molecule has 0 atom stereocenters. The van der Waals surface area contributed by atoms with Crippen LogP contribution in [0.25, 0.3) is 17.0 Å². The molecule has 0 aliphatic rings. The van der Waals surface area contributed by atoms with Crippen LogP contribution in [0, 0.1) is 0 Å². The average molecular weight is 216 g/mol. The summed E-state index contributed by atoms with van der Waals surface area (Å²) >= 11 is 0. The van der Waals surface area contributed by atoms with E-state index in [4.69, 9.17) is 4.79 Å². The first kappa shape index (κ1) is 11.7. The number of H-pyrrole nitrogens is 1. The summed E-state index contributed by atoms with van der Waals surface area (Å²) in [6, 6.07) is 9.15. The Morgan fingerprint density at radius 2 is 1.94 bits per heavy atom. The molecule has 0 radical (unpaired) electrons. The lowest BCUT2D eigenvalue weighted by molar-refractivity contribution is -0.106. The Morgan fingerprint density at radius 1 is 1.25 bits per heavy atom. The zero-order chi connectivity index (χ0) is 12.0. The van der Waals surface area contributed by atoms with Gasteiger partial charge >= 0.3 is 0 Å². The number of fused-ring (bicyclic) bond motifs is 1. The zero-order valence-electron chi connectivity index (χ0n) is 8.64. The summed E-state index contributed by atoms with van der Waals surface area (Å²) < 4.78 is 0. The molecule has 2 aromatic rings. The SMILES string of the molecule is C=Cc1cccc2ccc(=O)[nH]c12.NC=O. The fourth-order valence-corrected chi connectivity index (χ4v) is 1.37. The van der Waals surface area contributed by atoms with Crippen molar-refractivity contribution in [3.8, 4) is 0 Å². The number of para-hydroxylation sites is 1. The minimum absolute atomic E-state index is 0.0817. The Morgan fingerprint density at radius 3 is 2.56 bits per heavy atom. The second kappa shape index (κ2) is 5.50. The fourth-order valence-electron chi connectivity index (χ4n) is 1.37. The Balaban J connectivity index is 0.000000386. The van der Waals surface area contributed by atoms with E-state index in [9.17, 15) is 4.79 Å². The highest BCUT2D eigenvalue weighted by molar-refractivity contribution is 5.86. The van der Waals surface area contributed by atoms with Crippen molar-refractivity contribution < 1.29 is 4.79 Å². The van der Waals surface area contributed by atoms with Gasteiger partial charge in [-0.15, -0.1) is 0 Å². The summed E-state index contributed by atoms with van der Waals surface area (Å²) in [7, 11) is 0. The van der Waals surface area contributed by atoms with E-state index in [1.54, 1.807) is 12.1 Å². The van der Waals surface area contributed by atoms with Crippen molar-refractivity contribution in [2.45, 2.75) is 0 Å². The number of benzene rings is 1. The molecule has 0 aliphatic heterocycles. The molecule has 4 heteroatoms. The maximum absolute atomic E-state index is 11.1. The molecule has 3 N–H and O–H groups in total. The van der Waals surface area contributed by atoms with E-state index in [0.29, 0.717) is 0 Å². The summed E-state index contributed by atoms with van der Waals surface area (Å²) in [6.45, 7) is 3.69. The van der Waals surface area contributed by atoms with Gasteiger partial charge in [0.05, 0.1) is 5.52 Å². The second-order valence-corrected chi connectivity index (χ2v) is 2.97. The monoisotopic (exact) mass is 216 g/mol. The van der Waals surface area contributed by atoms with Crippen molar-refractivity contribution in [2.24, 2.45) is 5.73 Å². The Bertz CT molecular complexity index is 558. The van der Waals surface area contributed by atoms with Gasteiger partial charge in [0.25, 0.3) is 0 Å². The number of aromatic amines is 1. The molecule has 0 spiro atoms. The fraction of sp³-hybridized carbons (Fsp3) is 0. The molecule has 0 saturated heterocycles. The summed E-state index contributed by atoms with van der Waals surface area (Å²) in [6.07, 6.45) is 1.98. The highest BCUT2D eigenvalue weighted by atomic mass is 16.1. The minimum Gasteiger partial charge on any atom is -0.372 e. The van der Waals surface area contributed by atoms with Gasteiger partial charge in [-0.3, -0.25) is 9.59 Å². The molecule has 0 aliphatic carbocycles. The number of carbonyl (C=O) groups is 1. The number of rotatable bonds is 1. The molecular formula is C12H12N2O2. The Hall–Kier alpha value is -2.36. The molecule has 0 fully saturated rings. The maximum Gasteiger partial charge on any atom is 0.248 e. The summed E-state index contributed by atoms with van der Waals surface area (Å²) in [4.78, 5) is 22.4. The van der Waals surface area contributed by atoms with Crippen LogP contribution in [0.1, 0.15) is 5.56 Å². The molecule has 0 saturated carbocycles. The van der Waals surface area contributed by atoms with Crippen molar-refractivity contribution in [1.29, 1.82) is 0 Å². The molecule has 1 heterocycles. The molecule has 1 amide bonds. The number of carbonyl (C=O) groups excluding carboxylic acids is 1. The van der Waals surface area contributed by atoms with Crippen LogP contribution in [0.2, 0.25) is 0 Å². The van der Waals surface area contributed by atoms with E-state index >= 15 is 0 Å². The van der Waals surface area contributed by atoms with Crippen LogP contribution in [0.5, 0.6) is 0 Å². The molecule has 0 bridgehead atoms. The minimum atomic E-state index is -0.0817. The maximum atomic E-state index is 11.1. The normalized spacial score (nSPS) is 9.00. The number of pyridine rings is 1. The molecule has 0 unspecified atom stereocenters. The van der Waals surface area contributed by atoms with Crippen LogP contribution in [-0.4, -0.2) is 11.4 Å². The third-order valence-electron chi connectivity index (χ3n) is 2.01. The first-order valence-corrected chi connectivity index (χ1v) is 4.62. The van der Waals surface area contributed by atoms with Crippen LogP contribution in [0.3, 0.4) is 0 Å². The van der Waals surface area contributed by atoms with E-state index < -0.39 is 0 Å². The molecule has 82 valence electrons. The third kappa shape index (κ3) is 2.57. The zero-order valence-corrected chi connectivity index (χ0v) is 8.64. The summed E-state index contributed by atoms with van der Waals surface area (Å²) in [5.74, 6) is 0. The Labute approximate surface area is 92.4 Å². The number of nitrogens with one attached hydrogen (secondary N) is 1. The largest absolute Gasteiger partial charge is 0.372 e. The number of aromatic nitrogens is 1. The lowest BCUT2D eigenvalue weighted by Gasteiger charge is -1.99. The topological polar surface area (TPSA) is 75.9 Å². The van der Waals surface area contributed by atoms with Gasteiger partial charge in [-0.25, -0.2) is 0 Å². The van der Waals surface area contributed by atoms with E-state index in [-0.39, 0.29) is 12.0 Å². The van der Waals surface area contributed by atoms with Gasteiger partial charge in [0.1, 0.15) is 0 Å². The number of hydrogen-bond donors (Lipinski definition) is 2. The van der Waals surface area contributed by atoms with Gasteiger partial charge in [-0.05, 0) is 17.0 Å². The lowest BCUT2D eigenvalue weighted by atomic mass is 10.1. The highest BCUT2D eigenvalue weighted by Gasteiger charge is 1.96. The summed E-state index contributed by atoms with van der Waals surface area (Å²) in [5.41, 5.74) is 5.89. The predicted molar refractivity (Wildman–Crippen MR) is 64.9 cm³/mol. The van der Waals surface area contributed by atoms with E-state index in [1.165, 1.54) is 6.07 Å². The molecule has 1 aromatic heterocycles. The number of amides is 1. The van der Waals surface area contributed by atoms with Crippen molar-refractivity contribution >= 4 is 23.4 Å². The van der Waals surface area contributed by atoms with Crippen molar-refractivity contribution in [3.05, 3.63) is 52.8 Å². The van der Waals surface area contributed by atoms with E-state index in [0.717, 1.165) is 16.5 Å². The van der Waals surface area contributed by atoms with E-state index in [2.05, 4.69) is 17.3 Å². The first-order valence-electron chi connectivity index (χ1n) is 4.62. The first-order chi connectivity index (χ1) is 7.72. The van der Waals surface area contributed by atoms with E-state index in [1.807, 2.05) is 18.2 Å². The van der Waals surface area contributed by atoms with Crippen molar-refractivity contribution in [3.63, 3.8) is 0 Å². The average Bonchev–Trinajstić information content (AvgIpc) is 2.29. The lowest BCUT2D eigenvalue weighted by Crippen LogP contribution is -2.02. The van der Waals surface area contributed by atoms with Crippen LogP contribution in [0.4, 0.5) is 0 Å². The number of hydrogen-bond acceptors (Lipinski definition) is 2. The highest BCUT2D eigenvalue weighted by Crippen LogP contribution is 2.14. The quantitative estimate of drug-likeness (QED) is 0.704. The standard InChI is InChI=1S/C11H9NO.CH3NO/c1-2-8-4-3-5-9-6-7-10(13)12-11(8)9;2-1-3/h2-7H,1H2,(H,12,13);1H,(H2,2,3). The van der Waals surface area contributed by atoms with Crippen molar-refractivity contribution in [2.75, 3.05) is 0 Å². The summed E-state index contributed by atoms with van der Waals surface area (Å²) in [5, 5.41) is 1.03. The molecule has 16 heavy (non-hydrogen) atoms. The van der Waals surface area contributed by atoms with Crippen LogP contribution < -0.4 is 11.3 Å². The van der Waals surface area contributed by atoms with Crippen LogP contribution in [0.15, 0.2) is 41.7 Å². The van der Waals surface area contributed by atoms with Gasteiger partial charge in [0.2, 0.25) is 12.0 Å². The molecular weight excluding hydrogens is 204 g/mol. The van der Waals surface area contributed by atoms with Gasteiger partial charge < -0.3 is 10.7 Å². The molecule has 2 rings (SSSR count). The second-order valence-electron chi connectivity index (χ2n) is 2.97. The number of primary amides is 1. The van der Waals surface area contributed by atoms with Gasteiger partial charge in [-0.2, -0.15) is 0 Å². The Kier molecular flexibility index (Phi) is 4.03. The van der Waals surface area contributed by atoms with Crippen molar-refractivity contribution in [1.82, 2.24) is 4.98 Å². The van der Waals surface area contributed by atoms with Crippen LogP contribution in [-0.2, 0) is 4.79 Å². The molecule has 4 nitrogen and oxygen atoms in total. The third-order valence-corrected chi connectivity index (χ3v) is 2.01. The van der Waals surface area contributed by atoms with Gasteiger partial charge in [0, 0.05) is 6.07 Å². The van der Waals surface area contributed by atoms with Gasteiger partial charge in [0.15, 0.2) is 0 Å². The van der Waals surface area contributed by atoms with Gasteiger partial charge in [-0.1, -0.05) is 30.9 Å². The molecule has 1 aromatic carbocycles. The number of nitrogens with two attached hydrogens (primary N) is 1.